The first-order valence-corrected chi connectivity index (χ1v) is 10.5. The Kier molecular flexibility index (Phi) is 6.07. The quantitative estimate of drug-likeness (QED) is 0.585. The molecule has 2 heterocycles. The van der Waals surface area contributed by atoms with Crippen LogP contribution in [-0.4, -0.2) is 31.7 Å². The Morgan fingerprint density at radius 1 is 1.13 bits per heavy atom. The maximum absolute atomic E-state index is 13.4. The van der Waals surface area contributed by atoms with Crippen LogP contribution in [-0.2, 0) is 11.2 Å². The molecular weight excluding hydrogens is 404 g/mol. The minimum atomic E-state index is -1.12. The monoisotopic (exact) mass is 428 g/mol. The number of hydrogen-bond acceptors (Lipinski definition) is 5. The average Bonchev–Trinajstić information content (AvgIpc) is 3.01. The zero-order valence-corrected chi connectivity index (χ0v) is 18.1. The van der Waals surface area contributed by atoms with E-state index in [1.165, 1.54) is 4.57 Å². The molecular formula is C22H24N2O5S. The molecule has 0 radical (unpaired) electrons. The molecule has 0 spiro atoms. The lowest BCUT2D eigenvalue weighted by Gasteiger charge is -2.21. The van der Waals surface area contributed by atoms with Crippen molar-refractivity contribution in [3.05, 3.63) is 62.0 Å². The fourth-order valence-electron chi connectivity index (χ4n) is 3.54. The second-order valence-corrected chi connectivity index (χ2v) is 8.72. The van der Waals surface area contributed by atoms with Crippen molar-refractivity contribution >= 4 is 33.5 Å². The second kappa shape index (κ2) is 8.39. The maximum atomic E-state index is 13.4. The number of rotatable bonds is 7. The normalized spacial score (nSPS) is 12.4. The number of thiophene rings is 1. The lowest BCUT2D eigenvalue weighted by Crippen LogP contribution is -2.34. The summed E-state index contributed by atoms with van der Waals surface area (Å²) in [5, 5.41) is 19.5. The van der Waals surface area contributed by atoms with Gasteiger partial charge < -0.3 is 10.2 Å². The summed E-state index contributed by atoms with van der Waals surface area (Å²) in [4.78, 5) is 42.0. The number of fused-ring (bicyclic) bond motifs is 1. The van der Waals surface area contributed by atoms with E-state index in [-0.39, 0.29) is 22.6 Å². The molecule has 2 N–H and O–H groups in total. The zero-order chi connectivity index (χ0) is 22.2. The van der Waals surface area contributed by atoms with Crippen LogP contribution in [0, 0.1) is 13.8 Å². The summed E-state index contributed by atoms with van der Waals surface area (Å²) in [7, 11) is 0. The first-order valence-electron chi connectivity index (χ1n) is 9.69. The summed E-state index contributed by atoms with van der Waals surface area (Å²) in [6.07, 6.45) is 0.711. The van der Waals surface area contributed by atoms with Gasteiger partial charge >= 0.3 is 11.9 Å². The van der Waals surface area contributed by atoms with Gasteiger partial charge in [-0.25, -0.2) is 14.6 Å². The van der Waals surface area contributed by atoms with E-state index in [1.807, 2.05) is 45.0 Å². The van der Waals surface area contributed by atoms with Gasteiger partial charge in [0.05, 0.1) is 5.39 Å². The van der Waals surface area contributed by atoms with E-state index in [9.17, 15) is 24.6 Å². The van der Waals surface area contributed by atoms with Gasteiger partial charge in [-0.3, -0.25) is 9.36 Å². The smallest absolute Gasteiger partial charge is 0.346 e. The van der Waals surface area contributed by atoms with Gasteiger partial charge in [0.15, 0.2) is 0 Å². The molecule has 0 saturated carbocycles. The van der Waals surface area contributed by atoms with Crippen LogP contribution in [0.1, 0.15) is 64.4 Å². The van der Waals surface area contributed by atoms with E-state index >= 15 is 0 Å². The molecule has 3 aromatic rings. The van der Waals surface area contributed by atoms with E-state index in [1.54, 1.807) is 6.92 Å². The second-order valence-electron chi connectivity index (χ2n) is 7.72. The van der Waals surface area contributed by atoms with E-state index in [0.717, 1.165) is 22.5 Å². The van der Waals surface area contributed by atoms with Crippen molar-refractivity contribution in [2.75, 3.05) is 0 Å². The van der Waals surface area contributed by atoms with Gasteiger partial charge in [0.1, 0.15) is 21.6 Å². The fourth-order valence-corrected chi connectivity index (χ4v) is 4.56. The lowest BCUT2D eigenvalue weighted by molar-refractivity contribution is -0.141. The van der Waals surface area contributed by atoms with E-state index in [0.29, 0.717) is 22.6 Å². The third kappa shape index (κ3) is 4.00. The molecule has 0 aliphatic rings. The molecule has 1 unspecified atom stereocenters. The Morgan fingerprint density at radius 2 is 1.77 bits per heavy atom. The number of carboxylic acid groups (broad SMARTS) is 2. The van der Waals surface area contributed by atoms with Crippen LogP contribution in [0.25, 0.3) is 10.2 Å². The van der Waals surface area contributed by atoms with Crippen molar-refractivity contribution < 1.29 is 19.8 Å². The van der Waals surface area contributed by atoms with Crippen molar-refractivity contribution in [1.82, 2.24) is 9.55 Å². The molecule has 0 bridgehead atoms. The first kappa shape index (κ1) is 21.7. The Bertz CT molecular complexity index is 1170. The summed E-state index contributed by atoms with van der Waals surface area (Å²) < 4.78 is 1.24. The predicted molar refractivity (Wildman–Crippen MR) is 116 cm³/mol. The van der Waals surface area contributed by atoms with Gasteiger partial charge in [-0.15, -0.1) is 11.3 Å². The number of aromatic nitrogens is 2. The van der Waals surface area contributed by atoms with Gasteiger partial charge in [0.25, 0.3) is 5.56 Å². The topological polar surface area (TPSA) is 109 Å². The number of carbonyl (C=O) groups is 2. The van der Waals surface area contributed by atoms with Gasteiger partial charge in [0.2, 0.25) is 0 Å². The molecule has 8 heteroatoms. The third-order valence-corrected chi connectivity index (χ3v) is 6.33. The van der Waals surface area contributed by atoms with Crippen LogP contribution >= 0.6 is 11.3 Å². The SMILES string of the molecule is Cc1ccc(CCC(C(=O)O)n2c(C(C)C)nc3sc(C(=O)O)c(C)c3c2=O)cc1. The van der Waals surface area contributed by atoms with E-state index < -0.39 is 23.5 Å². The largest absolute Gasteiger partial charge is 0.480 e. The van der Waals surface area contributed by atoms with Gasteiger partial charge in [-0.1, -0.05) is 43.7 Å². The molecule has 3 rings (SSSR count). The number of carboxylic acids is 2. The summed E-state index contributed by atoms with van der Waals surface area (Å²) in [5.74, 6) is -2.10. The van der Waals surface area contributed by atoms with Crippen molar-refractivity contribution in [3.63, 3.8) is 0 Å². The Labute approximate surface area is 177 Å². The Hall–Kier alpha value is -3.00. The number of benzene rings is 1. The molecule has 0 aliphatic carbocycles. The summed E-state index contributed by atoms with van der Waals surface area (Å²) >= 11 is 0.947. The van der Waals surface area contributed by atoms with Crippen LogP contribution in [0.5, 0.6) is 0 Å². The van der Waals surface area contributed by atoms with Crippen molar-refractivity contribution in [1.29, 1.82) is 0 Å². The predicted octanol–water partition coefficient (Wildman–Crippen LogP) is 4.15. The van der Waals surface area contributed by atoms with E-state index in [4.69, 9.17) is 0 Å². The first-order chi connectivity index (χ1) is 14.1. The molecule has 7 nitrogen and oxygen atoms in total. The summed E-state index contributed by atoms with van der Waals surface area (Å²) in [6, 6.07) is 6.73. The highest BCUT2D eigenvalue weighted by Crippen LogP contribution is 2.30. The Morgan fingerprint density at radius 3 is 2.30 bits per heavy atom. The third-order valence-electron chi connectivity index (χ3n) is 5.16. The van der Waals surface area contributed by atoms with Gasteiger partial charge in [-0.05, 0) is 37.8 Å². The van der Waals surface area contributed by atoms with Crippen LogP contribution < -0.4 is 5.56 Å². The fraction of sp³-hybridized carbons (Fsp3) is 0.364. The average molecular weight is 429 g/mol. The van der Waals surface area contributed by atoms with Gasteiger partial charge in [0, 0.05) is 5.92 Å². The molecule has 0 saturated heterocycles. The van der Waals surface area contributed by atoms with Crippen LogP contribution in [0.4, 0.5) is 0 Å². The number of hydrogen-bond donors (Lipinski definition) is 2. The van der Waals surface area contributed by atoms with Crippen LogP contribution in [0.15, 0.2) is 29.1 Å². The molecule has 1 aromatic carbocycles. The highest BCUT2D eigenvalue weighted by molar-refractivity contribution is 7.20. The van der Waals surface area contributed by atoms with Crippen molar-refractivity contribution in [3.8, 4) is 0 Å². The molecule has 0 aliphatic heterocycles. The zero-order valence-electron chi connectivity index (χ0n) is 17.3. The highest BCUT2D eigenvalue weighted by Gasteiger charge is 2.29. The van der Waals surface area contributed by atoms with Crippen molar-refractivity contribution in [2.24, 2.45) is 0 Å². The van der Waals surface area contributed by atoms with E-state index in [2.05, 4.69) is 4.98 Å². The molecule has 30 heavy (non-hydrogen) atoms. The number of nitrogens with zero attached hydrogens (tertiary/aromatic N) is 2. The highest BCUT2D eigenvalue weighted by atomic mass is 32.1. The molecule has 0 fully saturated rings. The lowest BCUT2D eigenvalue weighted by atomic mass is 10.0. The number of aliphatic carboxylic acids is 1. The summed E-state index contributed by atoms with van der Waals surface area (Å²) in [6.45, 7) is 7.21. The molecule has 2 aromatic heterocycles. The molecule has 158 valence electrons. The number of aromatic carboxylic acids is 1. The van der Waals surface area contributed by atoms with Gasteiger partial charge in [-0.2, -0.15) is 0 Å². The summed E-state index contributed by atoms with van der Waals surface area (Å²) in [5.41, 5.74) is 1.93. The molecule has 0 amide bonds. The molecule has 1 atom stereocenters. The van der Waals surface area contributed by atoms with Crippen molar-refractivity contribution in [2.45, 2.75) is 52.5 Å². The minimum absolute atomic E-state index is 0.0496. The van der Waals surface area contributed by atoms with Crippen LogP contribution in [0.2, 0.25) is 0 Å². The standard InChI is InChI=1S/C22H24N2O5S/c1-11(2)18-23-19-16(13(4)17(30-19)22(28)29)20(25)24(18)15(21(26)27)10-9-14-7-5-12(3)6-8-14/h5-8,11,15H,9-10H2,1-4H3,(H,26,27)(H,28,29). The van der Waals surface area contributed by atoms with Crippen LogP contribution in [0.3, 0.4) is 0 Å². The maximum Gasteiger partial charge on any atom is 0.346 e. The number of aryl methyl sites for hydroxylation is 3. The minimum Gasteiger partial charge on any atom is -0.480 e. The Balaban J connectivity index is 2.15.